The van der Waals surface area contributed by atoms with Crippen LogP contribution in [0.25, 0.3) is 0 Å². The van der Waals surface area contributed by atoms with Crippen LogP contribution in [0.3, 0.4) is 0 Å². The Bertz CT molecular complexity index is 325. The molecule has 2 rings (SSSR count). The molecule has 0 saturated carbocycles. The Hall–Kier alpha value is -0.170. The van der Waals surface area contributed by atoms with E-state index in [2.05, 4.69) is 10.2 Å². The minimum absolute atomic E-state index is 0.521. The van der Waals surface area contributed by atoms with E-state index < -0.39 is 10.0 Å². The molecule has 1 atom stereocenters. The molecule has 0 aromatic heterocycles. The Morgan fingerprint density at radius 1 is 1.25 bits per heavy atom. The van der Waals surface area contributed by atoms with Gasteiger partial charge in [-0.15, -0.1) is 0 Å². The van der Waals surface area contributed by atoms with Gasteiger partial charge in [0.25, 0.3) is 0 Å². The number of hydrogen-bond acceptors (Lipinski definition) is 4. The van der Waals surface area contributed by atoms with Gasteiger partial charge in [-0.1, -0.05) is 0 Å². The van der Waals surface area contributed by atoms with Gasteiger partial charge in [0.15, 0.2) is 0 Å². The van der Waals surface area contributed by atoms with Crippen molar-refractivity contribution in [1.29, 1.82) is 0 Å². The number of sulfonamides is 1. The largest absolute Gasteiger partial charge is 0.314 e. The lowest BCUT2D eigenvalue weighted by molar-refractivity contribution is 0.209. The van der Waals surface area contributed by atoms with Gasteiger partial charge in [0.2, 0.25) is 10.0 Å². The molecule has 2 heterocycles. The standard InChI is InChI=1S/C10H21N3O2S/c1-16(14,15)13-5-2-10(9-13)8-12-6-3-11-4-7-12/h10-11H,2-9H2,1H3. The molecule has 16 heavy (non-hydrogen) atoms. The van der Waals surface area contributed by atoms with Crippen molar-refractivity contribution in [3.63, 3.8) is 0 Å². The zero-order valence-corrected chi connectivity index (χ0v) is 10.7. The Labute approximate surface area is 97.8 Å². The molecule has 1 unspecified atom stereocenters. The van der Waals surface area contributed by atoms with Gasteiger partial charge in [0.05, 0.1) is 6.26 Å². The summed E-state index contributed by atoms with van der Waals surface area (Å²) in [4.78, 5) is 2.44. The molecule has 6 heteroatoms. The monoisotopic (exact) mass is 247 g/mol. The molecule has 0 radical (unpaired) electrons. The number of hydrogen-bond donors (Lipinski definition) is 1. The van der Waals surface area contributed by atoms with Gasteiger partial charge in [-0.05, 0) is 12.3 Å². The van der Waals surface area contributed by atoms with E-state index in [1.807, 2.05) is 0 Å². The van der Waals surface area contributed by atoms with Crippen LogP contribution in [-0.2, 0) is 10.0 Å². The second-order valence-electron chi connectivity index (χ2n) is 4.83. The zero-order valence-electron chi connectivity index (χ0n) is 9.85. The van der Waals surface area contributed by atoms with Crippen LogP contribution in [0.1, 0.15) is 6.42 Å². The quantitative estimate of drug-likeness (QED) is 0.707. The van der Waals surface area contributed by atoms with Crippen molar-refractivity contribution in [3.05, 3.63) is 0 Å². The molecule has 2 aliphatic rings. The lowest BCUT2D eigenvalue weighted by Gasteiger charge is -2.29. The van der Waals surface area contributed by atoms with E-state index in [4.69, 9.17) is 0 Å². The first kappa shape index (κ1) is 12.3. The number of nitrogens with one attached hydrogen (secondary N) is 1. The summed E-state index contributed by atoms with van der Waals surface area (Å²) in [6.45, 7) is 6.77. The smallest absolute Gasteiger partial charge is 0.211 e. The predicted octanol–water partition coefficient (Wildman–Crippen LogP) is -0.827. The van der Waals surface area contributed by atoms with Crippen LogP contribution in [0, 0.1) is 5.92 Å². The molecular weight excluding hydrogens is 226 g/mol. The Balaban J connectivity index is 1.80. The van der Waals surface area contributed by atoms with Gasteiger partial charge in [-0.3, -0.25) is 0 Å². The predicted molar refractivity (Wildman–Crippen MR) is 63.8 cm³/mol. The Morgan fingerprint density at radius 3 is 2.50 bits per heavy atom. The highest BCUT2D eigenvalue weighted by molar-refractivity contribution is 7.88. The number of nitrogens with zero attached hydrogens (tertiary/aromatic N) is 2. The molecule has 0 aliphatic carbocycles. The molecule has 2 saturated heterocycles. The van der Waals surface area contributed by atoms with E-state index in [-0.39, 0.29) is 0 Å². The molecular formula is C10H21N3O2S. The third-order valence-corrected chi connectivity index (χ3v) is 4.71. The molecule has 2 fully saturated rings. The van der Waals surface area contributed by atoms with Crippen molar-refractivity contribution < 1.29 is 8.42 Å². The number of piperazine rings is 1. The molecule has 5 nitrogen and oxygen atoms in total. The van der Waals surface area contributed by atoms with Crippen molar-refractivity contribution in [2.75, 3.05) is 52.1 Å². The third-order valence-electron chi connectivity index (χ3n) is 3.44. The summed E-state index contributed by atoms with van der Waals surface area (Å²) in [6.07, 6.45) is 2.32. The SMILES string of the molecule is CS(=O)(=O)N1CCC(CN2CCNCC2)C1. The van der Waals surface area contributed by atoms with Gasteiger partial charge in [0, 0.05) is 45.8 Å². The first-order chi connectivity index (χ1) is 7.55. The summed E-state index contributed by atoms with van der Waals surface area (Å²) in [5.41, 5.74) is 0. The van der Waals surface area contributed by atoms with Gasteiger partial charge >= 0.3 is 0 Å². The van der Waals surface area contributed by atoms with Crippen LogP contribution in [0.2, 0.25) is 0 Å². The molecule has 94 valence electrons. The maximum Gasteiger partial charge on any atom is 0.211 e. The molecule has 0 aromatic rings. The van der Waals surface area contributed by atoms with Crippen molar-refractivity contribution in [1.82, 2.24) is 14.5 Å². The van der Waals surface area contributed by atoms with E-state index in [0.717, 1.165) is 39.1 Å². The number of rotatable bonds is 3. The summed E-state index contributed by atoms with van der Waals surface area (Å²) in [5.74, 6) is 0.521. The summed E-state index contributed by atoms with van der Waals surface area (Å²) in [7, 11) is -2.97. The van der Waals surface area contributed by atoms with Crippen molar-refractivity contribution >= 4 is 10.0 Å². The maximum atomic E-state index is 11.4. The molecule has 0 bridgehead atoms. The minimum Gasteiger partial charge on any atom is -0.314 e. The van der Waals surface area contributed by atoms with Crippen LogP contribution >= 0.6 is 0 Å². The topological polar surface area (TPSA) is 52.7 Å². The van der Waals surface area contributed by atoms with Crippen molar-refractivity contribution in [2.45, 2.75) is 6.42 Å². The Kier molecular flexibility index (Phi) is 3.84. The van der Waals surface area contributed by atoms with Crippen LogP contribution in [0.15, 0.2) is 0 Å². The van der Waals surface area contributed by atoms with Gasteiger partial charge < -0.3 is 10.2 Å². The van der Waals surface area contributed by atoms with Gasteiger partial charge in [-0.25, -0.2) is 12.7 Å². The highest BCUT2D eigenvalue weighted by atomic mass is 32.2. The van der Waals surface area contributed by atoms with Crippen LogP contribution in [0.5, 0.6) is 0 Å². The highest BCUT2D eigenvalue weighted by Gasteiger charge is 2.29. The summed E-state index contributed by atoms with van der Waals surface area (Å²) in [6, 6.07) is 0. The summed E-state index contributed by atoms with van der Waals surface area (Å²) >= 11 is 0. The Morgan fingerprint density at radius 2 is 1.94 bits per heavy atom. The second kappa shape index (κ2) is 5.00. The van der Waals surface area contributed by atoms with Crippen LogP contribution in [0.4, 0.5) is 0 Å². The van der Waals surface area contributed by atoms with E-state index in [9.17, 15) is 8.42 Å². The average Bonchev–Trinajstić information content (AvgIpc) is 2.67. The van der Waals surface area contributed by atoms with Crippen LogP contribution in [-0.4, -0.2) is 69.7 Å². The molecule has 2 aliphatic heterocycles. The lowest BCUT2D eigenvalue weighted by atomic mass is 10.1. The van der Waals surface area contributed by atoms with Gasteiger partial charge in [-0.2, -0.15) is 0 Å². The third kappa shape index (κ3) is 3.16. The highest BCUT2D eigenvalue weighted by Crippen LogP contribution is 2.19. The first-order valence-corrected chi connectivity index (χ1v) is 7.79. The fourth-order valence-corrected chi connectivity index (χ4v) is 3.42. The fourth-order valence-electron chi connectivity index (χ4n) is 2.51. The van der Waals surface area contributed by atoms with Crippen LogP contribution < -0.4 is 5.32 Å². The van der Waals surface area contributed by atoms with E-state index in [1.165, 1.54) is 6.26 Å². The van der Waals surface area contributed by atoms with Crippen molar-refractivity contribution in [2.24, 2.45) is 5.92 Å². The van der Waals surface area contributed by atoms with E-state index in [0.29, 0.717) is 19.0 Å². The van der Waals surface area contributed by atoms with E-state index >= 15 is 0 Å². The first-order valence-electron chi connectivity index (χ1n) is 5.94. The lowest BCUT2D eigenvalue weighted by Crippen LogP contribution is -2.45. The van der Waals surface area contributed by atoms with Gasteiger partial charge in [0.1, 0.15) is 0 Å². The molecule has 1 N–H and O–H groups in total. The normalized spacial score (nSPS) is 29.7. The fraction of sp³-hybridized carbons (Fsp3) is 1.00. The second-order valence-corrected chi connectivity index (χ2v) is 6.81. The minimum atomic E-state index is -2.97. The molecule has 0 aromatic carbocycles. The summed E-state index contributed by atoms with van der Waals surface area (Å²) in [5, 5.41) is 3.32. The summed E-state index contributed by atoms with van der Waals surface area (Å²) < 4.78 is 24.4. The zero-order chi connectivity index (χ0) is 11.6. The molecule has 0 amide bonds. The maximum absolute atomic E-state index is 11.4. The van der Waals surface area contributed by atoms with Crippen molar-refractivity contribution in [3.8, 4) is 0 Å². The van der Waals surface area contributed by atoms with E-state index in [1.54, 1.807) is 4.31 Å². The molecule has 0 spiro atoms. The average molecular weight is 247 g/mol.